The van der Waals surface area contributed by atoms with E-state index in [4.69, 9.17) is 4.98 Å². The highest BCUT2D eigenvalue weighted by atomic mass is 15.3. The molecule has 4 rings (SSSR count). The van der Waals surface area contributed by atoms with Crippen molar-refractivity contribution in [2.24, 2.45) is 0 Å². The van der Waals surface area contributed by atoms with E-state index in [0.29, 0.717) is 12.0 Å². The predicted molar refractivity (Wildman–Crippen MR) is 107 cm³/mol. The van der Waals surface area contributed by atoms with Gasteiger partial charge in [0.2, 0.25) is 5.95 Å². The van der Waals surface area contributed by atoms with Crippen LogP contribution in [0.4, 0.5) is 17.5 Å². The lowest BCUT2D eigenvalue weighted by atomic mass is 10.1. The third kappa shape index (κ3) is 3.40. The Kier molecular flexibility index (Phi) is 4.57. The number of anilines is 3. The predicted octanol–water partition coefficient (Wildman–Crippen LogP) is 4.52. The minimum Gasteiger partial charge on any atom is -0.354 e. The molecule has 26 heavy (non-hydrogen) atoms. The molecule has 1 N–H and O–H groups in total. The van der Waals surface area contributed by atoms with Crippen LogP contribution in [0.25, 0.3) is 0 Å². The van der Waals surface area contributed by atoms with Crippen LogP contribution in [0.2, 0.25) is 0 Å². The van der Waals surface area contributed by atoms with E-state index < -0.39 is 0 Å². The van der Waals surface area contributed by atoms with Gasteiger partial charge >= 0.3 is 0 Å². The fraction of sp³-hybridized carbons (Fsp3) is 0.273. The van der Waals surface area contributed by atoms with Gasteiger partial charge in [0.25, 0.3) is 0 Å². The molecule has 1 aromatic heterocycles. The Labute approximate surface area is 154 Å². The van der Waals surface area contributed by atoms with Crippen molar-refractivity contribution in [1.29, 1.82) is 0 Å². The van der Waals surface area contributed by atoms with Crippen molar-refractivity contribution in [2.45, 2.75) is 32.7 Å². The van der Waals surface area contributed by atoms with Gasteiger partial charge in [-0.3, -0.25) is 0 Å². The van der Waals surface area contributed by atoms with Crippen molar-refractivity contribution < 1.29 is 0 Å². The fourth-order valence-electron chi connectivity index (χ4n) is 3.63. The van der Waals surface area contributed by atoms with Gasteiger partial charge in [0.05, 0.1) is 0 Å². The number of rotatable bonds is 5. The average Bonchev–Trinajstić information content (AvgIpc) is 2.98. The Bertz CT molecular complexity index is 892. The number of aromatic nitrogens is 2. The van der Waals surface area contributed by atoms with Gasteiger partial charge in [-0.25, -0.2) is 4.98 Å². The lowest BCUT2D eigenvalue weighted by Gasteiger charge is -2.24. The molecule has 0 aliphatic carbocycles. The average molecular weight is 344 g/mol. The standard InChI is InChI=1S/C22H24N4/c1-16-14-21(26-17(2)15-19-10-6-7-11-20(19)26)25-22(24-16)23-13-12-18-8-4-3-5-9-18/h3-11,14,17H,12-13,15H2,1-2H3,(H,23,24,25). The number of para-hydroxylation sites is 1. The summed E-state index contributed by atoms with van der Waals surface area (Å²) in [7, 11) is 0. The Morgan fingerprint density at radius 2 is 1.81 bits per heavy atom. The van der Waals surface area contributed by atoms with Gasteiger partial charge in [-0.05, 0) is 43.9 Å². The van der Waals surface area contributed by atoms with Crippen molar-refractivity contribution in [2.75, 3.05) is 16.8 Å². The smallest absolute Gasteiger partial charge is 0.224 e. The number of nitrogens with zero attached hydrogens (tertiary/aromatic N) is 3. The van der Waals surface area contributed by atoms with E-state index in [2.05, 4.69) is 76.7 Å². The fourth-order valence-corrected chi connectivity index (χ4v) is 3.63. The summed E-state index contributed by atoms with van der Waals surface area (Å²) in [5.41, 5.74) is 4.94. The molecular formula is C22H24N4. The van der Waals surface area contributed by atoms with E-state index in [1.54, 1.807) is 0 Å². The summed E-state index contributed by atoms with van der Waals surface area (Å²) in [6.45, 7) is 5.10. The molecule has 0 spiro atoms. The molecule has 132 valence electrons. The van der Waals surface area contributed by atoms with Gasteiger partial charge < -0.3 is 10.2 Å². The summed E-state index contributed by atoms with van der Waals surface area (Å²) >= 11 is 0. The van der Waals surface area contributed by atoms with Crippen LogP contribution in [0.3, 0.4) is 0 Å². The number of aryl methyl sites for hydroxylation is 1. The molecule has 0 saturated carbocycles. The normalized spacial score (nSPS) is 15.8. The molecule has 4 heteroatoms. The van der Waals surface area contributed by atoms with Gasteiger partial charge in [0, 0.05) is 30.0 Å². The molecule has 2 aromatic carbocycles. The SMILES string of the molecule is Cc1cc(N2c3ccccc3CC2C)nc(NCCc2ccccc2)n1. The molecule has 4 nitrogen and oxygen atoms in total. The zero-order valence-corrected chi connectivity index (χ0v) is 15.3. The second-order valence-electron chi connectivity index (χ2n) is 6.91. The number of hydrogen-bond acceptors (Lipinski definition) is 4. The largest absolute Gasteiger partial charge is 0.354 e. The number of benzene rings is 2. The van der Waals surface area contributed by atoms with E-state index >= 15 is 0 Å². The molecule has 0 radical (unpaired) electrons. The Balaban J connectivity index is 1.53. The maximum atomic E-state index is 4.80. The second-order valence-corrected chi connectivity index (χ2v) is 6.91. The molecule has 0 bridgehead atoms. The molecule has 1 aliphatic rings. The summed E-state index contributed by atoms with van der Waals surface area (Å²) in [5, 5.41) is 3.39. The summed E-state index contributed by atoms with van der Waals surface area (Å²) in [6.07, 6.45) is 2.01. The maximum Gasteiger partial charge on any atom is 0.224 e. The van der Waals surface area contributed by atoms with Crippen molar-refractivity contribution in [3.63, 3.8) is 0 Å². The molecule has 0 saturated heterocycles. The third-order valence-corrected chi connectivity index (χ3v) is 4.83. The molecule has 0 fully saturated rings. The highest BCUT2D eigenvalue weighted by Gasteiger charge is 2.28. The van der Waals surface area contributed by atoms with E-state index in [1.807, 2.05) is 13.0 Å². The van der Waals surface area contributed by atoms with Crippen LogP contribution in [-0.2, 0) is 12.8 Å². The summed E-state index contributed by atoms with van der Waals surface area (Å²) < 4.78 is 0. The zero-order chi connectivity index (χ0) is 17.9. The van der Waals surface area contributed by atoms with Crippen LogP contribution in [0.5, 0.6) is 0 Å². The molecule has 1 unspecified atom stereocenters. The van der Waals surface area contributed by atoms with Gasteiger partial charge in [-0.15, -0.1) is 0 Å². The lowest BCUT2D eigenvalue weighted by Crippen LogP contribution is -2.25. The van der Waals surface area contributed by atoms with Gasteiger partial charge in [0.15, 0.2) is 0 Å². The van der Waals surface area contributed by atoms with Crippen molar-refractivity contribution >= 4 is 17.5 Å². The lowest BCUT2D eigenvalue weighted by molar-refractivity contribution is 0.748. The van der Waals surface area contributed by atoms with Crippen LogP contribution in [0, 0.1) is 6.92 Å². The zero-order valence-electron chi connectivity index (χ0n) is 15.3. The first-order chi connectivity index (χ1) is 12.7. The summed E-state index contributed by atoms with van der Waals surface area (Å²) in [6, 6.07) is 21.5. The molecule has 2 heterocycles. The Morgan fingerprint density at radius 3 is 2.65 bits per heavy atom. The van der Waals surface area contributed by atoms with Crippen molar-refractivity contribution in [1.82, 2.24) is 9.97 Å². The third-order valence-electron chi connectivity index (χ3n) is 4.83. The topological polar surface area (TPSA) is 41.1 Å². The van der Waals surface area contributed by atoms with E-state index in [9.17, 15) is 0 Å². The molecule has 1 aliphatic heterocycles. The number of nitrogens with one attached hydrogen (secondary N) is 1. The summed E-state index contributed by atoms with van der Waals surface area (Å²) in [4.78, 5) is 11.7. The van der Waals surface area contributed by atoms with Gasteiger partial charge in [0.1, 0.15) is 5.82 Å². The van der Waals surface area contributed by atoms with Gasteiger partial charge in [-0.1, -0.05) is 48.5 Å². The van der Waals surface area contributed by atoms with Crippen LogP contribution >= 0.6 is 0 Å². The first kappa shape index (κ1) is 16.6. The van der Waals surface area contributed by atoms with Gasteiger partial charge in [-0.2, -0.15) is 4.98 Å². The number of fused-ring (bicyclic) bond motifs is 1. The molecule has 1 atom stereocenters. The Hall–Kier alpha value is -2.88. The highest BCUT2D eigenvalue weighted by molar-refractivity contribution is 5.69. The molecular weight excluding hydrogens is 320 g/mol. The van der Waals surface area contributed by atoms with E-state index in [-0.39, 0.29) is 0 Å². The summed E-state index contributed by atoms with van der Waals surface area (Å²) in [5.74, 6) is 1.67. The quantitative estimate of drug-likeness (QED) is 0.739. The second kappa shape index (κ2) is 7.16. The first-order valence-electron chi connectivity index (χ1n) is 9.21. The maximum absolute atomic E-state index is 4.80. The number of hydrogen-bond donors (Lipinski definition) is 1. The highest BCUT2D eigenvalue weighted by Crippen LogP contribution is 2.37. The molecule has 0 amide bonds. The monoisotopic (exact) mass is 344 g/mol. The van der Waals surface area contributed by atoms with E-state index in [0.717, 1.165) is 30.9 Å². The van der Waals surface area contributed by atoms with Crippen molar-refractivity contribution in [3.05, 3.63) is 77.5 Å². The first-order valence-corrected chi connectivity index (χ1v) is 9.21. The van der Waals surface area contributed by atoms with E-state index in [1.165, 1.54) is 16.8 Å². The van der Waals surface area contributed by atoms with Crippen LogP contribution in [0.1, 0.15) is 23.7 Å². The van der Waals surface area contributed by atoms with Crippen molar-refractivity contribution in [3.8, 4) is 0 Å². The van der Waals surface area contributed by atoms with Crippen LogP contribution in [-0.4, -0.2) is 22.6 Å². The minimum absolute atomic E-state index is 0.402. The minimum atomic E-state index is 0.402. The van der Waals surface area contributed by atoms with Crippen LogP contribution in [0.15, 0.2) is 60.7 Å². The molecule has 3 aromatic rings. The van der Waals surface area contributed by atoms with Crippen LogP contribution < -0.4 is 10.2 Å². The Morgan fingerprint density at radius 1 is 1.04 bits per heavy atom.